The van der Waals surface area contributed by atoms with E-state index in [-0.39, 0.29) is 11.0 Å². The zero-order valence-corrected chi connectivity index (χ0v) is 17.7. The minimum atomic E-state index is -0.611. The van der Waals surface area contributed by atoms with Crippen molar-refractivity contribution in [2.75, 3.05) is 31.6 Å². The third-order valence-corrected chi connectivity index (χ3v) is 5.07. The van der Waals surface area contributed by atoms with Gasteiger partial charge in [0.25, 0.3) is 11.1 Å². The number of benzene rings is 1. The van der Waals surface area contributed by atoms with Crippen LogP contribution in [-0.2, 0) is 14.3 Å². The van der Waals surface area contributed by atoms with E-state index in [9.17, 15) is 14.4 Å². The van der Waals surface area contributed by atoms with Crippen LogP contribution >= 0.6 is 11.8 Å². The molecule has 0 aliphatic carbocycles. The molecule has 8 heteroatoms. The van der Waals surface area contributed by atoms with Gasteiger partial charge < -0.3 is 14.4 Å². The van der Waals surface area contributed by atoms with Gasteiger partial charge in [0, 0.05) is 30.4 Å². The van der Waals surface area contributed by atoms with Gasteiger partial charge in [-0.2, -0.15) is 0 Å². The Bertz CT molecular complexity index is 787. The maximum absolute atomic E-state index is 12.6. The molecule has 0 atom stereocenters. The van der Waals surface area contributed by atoms with Gasteiger partial charge in [-0.15, -0.1) is 0 Å². The minimum Gasteiger partial charge on any atom is -0.496 e. The number of amides is 2. The molecule has 0 N–H and O–H groups in total. The lowest BCUT2D eigenvalue weighted by Crippen LogP contribution is -2.35. The molecule has 1 aromatic carbocycles. The molecule has 1 fully saturated rings. The topological polar surface area (TPSA) is 76.2 Å². The SMILES string of the molecule is CCN(CC)c1ccc(/C=C2\SC(=O)N(CC(=O)OC(C)C)C2=O)c(OC)c1. The normalized spacial score (nSPS) is 15.5. The molecule has 0 bridgehead atoms. The average molecular weight is 407 g/mol. The second-order valence-corrected chi connectivity index (χ2v) is 7.40. The number of hydrogen-bond donors (Lipinski definition) is 0. The van der Waals surface area contributed by atoms with Crippen LogP contribution in [0.2, 0.25) is 0 Å². The second-order valence-electron chi connectivity index (χ2n) is 6.41. The van der Waals surface area contributed by atoms with E-state index >= 15 is 0 Å². The standard InChI is InChI=1S/C20H26N2O5S/c1-6-21(7-2)15-9-8-14(16(11-15)26-5)10-17-19(24)22(20(25)28-17)12-18(23)27-13(3)4/h8-11,13H,6-7,12H2,1-5H3/b17-10-. The highest BCUT2D eigenvalue weighted by Crippen LogP contribution is 2.35. The zero-order chi connectivity index (χ0) is 20.8. The predicted octanol–water partition coefficient (Wildman–Crippen LogP) is 3.53. The Morgan fingerprint density at radius 3 is 2.50 bits per heavy atom. The first-order chi connectivity index (χ1) is 13.3. The van der Waals surface area contributed by atoms with Crippen LogP contribution in [0, 0.1) is 0 Å². The van der Waals surface area contributed by atoms with Gasteiger partial charge in [-0.3, -0.25) is 19.3 Å². The molecule has 152 valence electrons. The van der Waals surface area contributed by atoms with E-state index < -0.39 is 23.7 Å². The molecular formula is C20H26N2O5S. The molecule has 1 aromatic rings. The molecule has 1 aliphatic rings. The van der Waals surface area contributed by atoms with Crippen molar-refractivity contribution in [3.8, 4) is 5.75 Å². The van der Waals surface area contributed by atoms with Gasteiger partial charge in [0.15, 0.2) is 0 Å². The molecule has 0 unspecified atom stereocenters. The van der Waals surface area contributed by atoms with Crippen molar-refractivity contribution in [2.45, 2.75) is 33.8 Å². The summed E-state index contributed by atoms with van der Waals surface area (Å²) in [5.74, 6) is -0.513. The van der Waals surface area contributed by atoms with Crippen LogP contribution in [0.1, 0.15) is 33.3 Å². The Labute approximate surface area is 169 Å². The van der Waals surface area contributed by atoms with Crippen LogP contribution in [0.15, 0.2) is 23.1 Å². The van der Waals surface area contributed by atoms with Gasteiger partial charge in [0.05, 0.1) is 18.1 Å². The molecule has 7 nitrogen and oxygen atoms in total. The molecule has 2 amide bonds. The molecule has 0 radical (unpaired) electrons. The lowest BCUT2D eigenvalue weighted by atomic mass is 10.1. The molecule has 0 aromatic heterocycles. The van der Waals surface area contributed by atoms with Crippen LogP contribution in [0.3, 0.4) is 0 Å². The summed E-state index contributed by atoms with van der Waals surface area (Å²) in [7, 11) is 1.56. The highest BCUT2D eigenvalue weighted by molar-refractivity contribution is 8.18. The van der Waals surface area contributed by atoms with Crippen molar-refractivity contribution < 1.29 is 23.9 Å². The first-order valence-corrected chi connectivity index (χ1v) is 10.00. The van der Waals surface area contributed by atoms with Gasteiger partial charge >= 0.3 is 5.97 Å². The van der Waals surface area contributed by atoms with Crippen LogP contribution in [-0.4, -0.2) is 54.9 Å². The number of esters is 1. The summed E-state index contributed by atoms with van der Waals surface area (Å²) in [6, 6.07) is 5.71. The number of nitrogens with zero attached hydrogens (tertiary/aromatic N) is 2. The van der Waals surface area contributed by atoms with E-state index in [0.29, 0.717) is 11.3 Å². The average Bonchev–Trinajstić information content (AvgIpc) is 2.90. The van der Waals surface area contributed by atoms with Crippen LogP contribution in [0.5, 0.6) is 5.75 Å². The fourth-order valence-electron chi connectivity index (χ4n) is 2.81. The number of ether oxygens (including phenoxy) is 2. The maximum atomic E-state index is 12.6. The molecule has 1 aliphatic heterocycles. The first-order valence-electron chi connectivity index (χ1n) is 9.18. The van der Waals surface area contributed by atoms with E-state index in [1.165, 1.54) is 0 Å². The van der Waals surface area contributed by atoms with Crippen molar-refractivity contribution in [1.29, 1.82) is 0 Å². The fourth-order valence-corrected chi connectivity index (χ4v) is 3.64. The van der Waals surface area contributed by atoms with E-state index in [4.69, 9.17) is 9.47 Å². The number of carbonyl (C=O) groups is 3. The summed E-state index contributed by atoms with van der Waals surface area (Å²) >= 11 is 0.801. The van der Waals surface area contributed by atoms with E-state index in [1.807, 2.05) is 18.2 Å². The number of anilines is 1. The molecular weight excluding hydrogens is 380 g/mol. The first kappa shape index (κ1) is 21.8. The van der Waals surface area contributed by atoms with Crippen molar-refractivity contribution in [1.82, 2.24) is 4.90 Å². The minimum absolute atomic E-state index is 0.247. The molecule has 1 saturated heterocycles. The number of thioether (sulfide) groups is 1. The number of rotatable bonds is 8. The Morgan fingerprint density at radius 2 is 1.93 bits per heavy atom. The number of carbonyl (C=O) groups excluding carboxylic acids is 3. The summed E-state index contributed by atoms with van der Waals surface area (Å²) in [6.45, 7) is 8.90. The Morgan fingerprint density at radius 1 is 1.25 bits per heavy atom. The van der Waals surface area contributed by atoms with Crippen molar-refractivity contribution in [3.63, 3.8) is 0 Å². The Balaban J connectivity index is 2.24. The van der Waals surface area contributed by atoms with Crippen molar-refractivity contribution in [2.24, 2.45) is 0 Å². The largest absolute Gasteiger partial charge is 0.496 e. The Kier molecular flexibility index (Phi) is 7.51. The Hall–Kier alpha value is -2.48. The van der Waals surface area contributed by atoms with Crippen molar-refractivity contribution in [3.05, 3.63) is 28.7 Å². The lowest BCUT2D eigenvalue weighted by Gasteiger charge is -2.22. The lowest BCUT2D eigenvalue weighted by molar-refractivity contribution is -0.149. The van der Waals surface area contributed by atoms with Crippen LogP contribution in [0.25, 0.3) is 6.08 Å². The number of imide groups is 1. The monoisotopic (exact) mass is 406 g/mol. The number of hydrogen-bond acceptors (Lipinski definition) is 7. The fraction of sp³-hybridized carbons (Fsp3) is 0.450. The summed E-state index contributed by atoms with van der Waals surface area (Å²) in [5.41, 5.74) is 1.71. The zero-order valence-electron chi connectivity index (χ0n) is 16.9. The van der Waals surface area contributed by atoms with Crippen LogP contribution in [0.4, 0.5) is 10.5 Å². The summed E-state index contributed by atoms with van der Waals surface area (Å²) in [4.78, 5) is 39.9. The quantitative estimate of drug-likeness (QED) is 0.483. The molecule has 2 rings (SSSR count). The molecule has 28 heavy (non-hydrogen) atoms. The van der Waals surface area contributed by atoms with Gasteiger partial charge in [-0.25, -0.2) is 0 Å². The van der Waals surface area contributed by atoms with E-state index in [0.717, 1.165) is 35.4 Å². The van der Waals surface area contributed by atoms with E-state index in [1.54, 1.807) is 27.0 Å². The number of methoxy groups -OCH3 is 1. The maximum Gasteiger partial charge on any atom is 0.326 e. The highest BCUT2D eigenvalue weighted by atomic mass is 32.2. The van der Waals surface area contributed by atoms with Gasteiger partial charge in [0.2, 0.25) is 0 Å². The van der Waals surface area contributed by atoms with Gasteiger partial charge in [0.1, 0.15) is 12.3 Å². The van der Waals surface area contributed by atoms with Gasteiger partial charge in [-0.05, 0) is 57.7 Å². The summed E-state index contributed by atoms with van der Waals surface area (Å²) in [6.07, 6.45) is 1.31. The second kappa shape index (κ2) is 9.64. The predicted molar refractivity (Wildman–Crippen MR) is 110 cm³/mol. The van der Waals surface area contributed by atoms with Crippen LogP contribution < -0.4 is 9.64 Å². The third-order valence-electron chi connectivity index (χ3n) is 4.16. The van der Waals surface area contributed by atoms with E-state index in [2.05, 4.69) is 18.7 Å². The smallest absolute Gasteiger partial charge is 0.326 e. The molecule has 1 heterocycles. The molecule has 0 spiro atoms. The van der Waals surface area contributed by atoms with Gasteiger partial charge in [-0.1, -0.05) is 0 Å². The third kappa shape index (κ3) is 5.07. The van der Waals surface area contributed by atoms with Crippen molar-refractivity contribution >= 4 is 40.6 Å². The summed E-state index contributed by atoms with van der Waals surface area (Å²) < 4.78 is 10.5. The highest BCUT2D eigenvalue weighted by Gasteiger charge is 2.37. The molecule has 0 saturated carbocycles. The summed E-state index contributed by atoms with van der Waals surface area (Å²) in [5, 5.41) is -0.490.